The molecule has 6 nitrogen and oxygen atoms in total. The summed E-state index contributed by atoms with van der Waals surface area (Å²) in [7, 11) is 0. The molecule has 1 amide bonds. The summed E-state index contributed by atoms with van der Waals surface area (Å²) in [4.78, 5) is 14.5. The van der Waals surface area contributed by atoms with E-state index in [0.29, 0.717) is 17.7 Å². The van der Waals surface area contributed by atoms with E-state index in [-0.39, 0.29) is 12.5 Å². The molecule has 2 aromatic rings. The molecule has 1 saturated heterocycles. The first-order valence-corrected chi connectivity index (χ1v) is 7.73. The molecule has 2 atom stereocenters. The number of rotatable bonds is 3. The summed E-state index contributed by atoms with van der Waals surface area (Å²) in [6, 6.07) is 9.70. The maximum atomic E-state index is 12.5. The summed E-state index contributed by atoms with van der Waals surface area (Å²) in [6.45, 7) is 6.24. The summed E-state index contributed by atoms with van der Waals surface area (Å²) in [5, 5.41) is 11.7. The van der Waals surface area contributed by atoms with Gasteiger partial charge >= 0.3 is 0 Å². The zero-order chi connectivity index (χ0) is 15.5. The Bertz CT molecular complexity index is 629. The number of aromatic nitrogens is 4. The Hall–Kier alpha value is -2.24. The topological polar surface area (TPSA) is 63.9 Å². The van der Waals surface area contributed by atoms with E-state index >= 15 is 0 Å². The van der Waals surface area contributed by atoms with Crippen molar-refractivity contribution in [1.82, 2.24) is 25.1 Å². The van der Waals surface area contributed by atoms with Crippen LogP contribution in [0.3, 0.4) is 0 Å². The molecule has 1 fully saturated rings. The van der Waals surface area contributed by atoms with Crippen molar-refractivity contribution in [2.24, 2.45) is 11.8 Å². The Labute approximate surface area is 130 Å². The quantitative estimate of drug-likeness (QED) is 0.867. The fourth-order valence-electron chi connectivity index (χ4n) is 3.20. The lowest BCUT2D eigenvalue weighted by Crippen LogP contribution is -2.44. The van der Waals surface area contributed by atoms with Gasteiger partial charge in [0.25, 0.3) is 0 Å². The maximum Gasteiger partial charge on any atom is 0.244 e. The highest BCUT2D eigenvalue weighted by Crippen LogP contribution is 2.21. The second kappa shape index (κ2) is 6.25. The number of carbonyl (C=O) groups is 1. The monoisotopic (exact) mass is 299 g/mol. The van der Waals surface area contributed by atoms with Crippen LogP contribution in [0.4, 0.5) is 0 Å². The Morgan fingerprint density at radius 2 is 1.86 bits per heavy atom. The van der Waals surface area contributed by atoms with Crippen LogP contribution in [0.1, 0.15) is 20.3 Å². The van der Waals surface area contributed by atoms with E-state index in [4.69, 9.17) is 0 Å². The highest BCUT2D eigenvalue weighted by Gasteiger charge is 2.26. The summed E-state index contributed by atoms with van der Waals surface area (Å²) in [5.41, 5.74) is 0.917. The van der Waals surface area contributed by atoms with Crippen molar-refractivity contribution >= 4 is 5.91 Å². The Morgan fingerprint density at radius 1 is 1.18 bits per heavy atom. The van der Waals surface area contributed by atoms with Crippen molar-refractivity contribution < 1.29 is 4.79 Å². The van der Waals surface area contributed by atoms with Gasteiger partial charge in [-0.05, 0) is 28.7 Å². The van der Waals surface area contributed by atoms with E-state index in [1.54, 1.807) is 4.68 Å². The van der Waals surface area contributed by atoms with Gasteiger partial charge in [0.05, 0.1) is 0 Å². The van der Waals surface area contributed by atoms with Crippen LogP contribution in [-0.4, -0.2) is 44.1 Å². The van der Waals surface area contributed by atoms with Crippen molar-refractivity contribution in [2.75, 3.05) is 13.1 Å². The Morgan fingerprint density at radius 3 is 2.55 bits per heavy atom. The van der Waals surface area contributed by atoms with Gasteiger partial charge in [-0.25, -0.2) is 4.68 Å². The second-order valence-corrected chi connectivity index (χ2v) is 6.27. The van der Waals surface area contributed by atoms with Gasteiger partial charge in [0.1, 0.15) is 6.54 Å². The van der Waals surface area contributed by atoms with E-state index in [9.17, 15) is 4.79 Å². The van der Waals surface area contributed by atoms with Crippen LogP contribution in [0.5, 0.6) is 0 Å². The number of tetrazole rings is 1. The van der Waals surface area contributed by atoms with Gasteiger partial charge in [-0.1, -0.05) is 44.2 Å². The molecule has 1 aliphatic heterocycles. The average molecular weight is 299 g/mol. The predicted octanol–water partition coefficient (Wildman–Crippen LogP) is 1.84. The normalized spacial score (nSPS) is 21.8. The molecule has 6 heteroatoms. The summed E-state index contributed by atoms with van der Waals surface area (Å²) in [5.74, 6) is 1.82. The molecule has 0 unspecified atom stereocenters. The molecule has 0 N–H and O–H groups in total. The molecule has 2 heterocycles. The van der Waals surface area contributed by atoms with Gasteiger partial charge in [0, 0.05) is 18.7 Å². The number of piperidine rings is 1. The number of hydrogen-bond donors (Lipinski definition) is 0. The van der Waals surface area contributed by atoms with Gasteiger partial charge in [-0.15, -0.1) is 5.10 Å². The lowest BCUT2D eigenvalue weighted by molar-refractivity contribution is -0.134. The van der Waals surface area contributed by atoms with Crippen LogP contribution < -0.4 is 0 Å². The van der Waals surface area contributed by atoms with Crippen molar-refractivity contribution in [3.63, 3.8) is 0 Å². The minimum Gasteiger partial charge on any atom is -0.341 e. The van der Waals surface area contributed by atoms with Crippen molar-refractivity contribution in [3.8, 4) is 11.4 Å². The van der Waals surface area contributed by atoms with Crippen molar-refractivity contribution in [3.05, 3.63) is 30.3 Å². The van der Waals surface area contributed by atoms with E-state index in [2.05, 4.69) is 29.4 Å². The summed E-state index contributed by atoms with van der Waals surface area (Å²) < 4.78 is 1.58. The first kappa shape index (κ1) is 14.7. The predicted molar refractivity (Wildman–Crippen MR) is 82.8 cm³/mol. The van der Waals surface area contributed by atoms with Gasteiger partial charge < -0.3 is 4.90 Å². The standard InChI is InChI=1S/C16H21N5O/c1-12-8-13(2)10-20(9-12)15(22)11-21-16(17-18-19-21)14-6-4-3-5-7-14/h3-7,12-13H,8-11H2,1-2H3/t12-,13+. The SMILES string of the molecule is C[C@@H]1C[C@H](C)CN(C(=O)Cn2nnnc2-c2ccccc2)C1. The molecule has 0 bridgehead atoms. The molecule has 0 radical (unpaired) electrons. The fourth-order valence-corrected chi connectivity index (χ4v) is 3.20. The zero-order valence-corrected chi connectivity index (χ0v) is 13.0. The highest BCUT2D eigenvalue weighted by atomic mass is 16.2. The van der Waals surface area contributed by atoms with E-state index < -0.39 is 0 Å². The first-order chi connectivity index (χ1) is 10.6. The zero-order valence-electron chi connectivity index (χ0n) is 13.0. The van der Waals surface area contributed by atoms with E-state index in [1.807, 2.05) is 35.2 Å². The molecular formula is C16H21N5O. The van der Waals surface area contributed by atoms with Gasteiger partial charge in [-0.2, -0.15) is 0 Å². The molecule has 0 spiro atoms. The van der Waals surface area contributed by atoms with Crippen LogP contribution in [-0.2, 0) is 11.3 Å². The van der Waals surface area contributed by atoms with Crippen LogP contribution in [0.15, 0.2) is 30.3 Å². The molecule has 22 heavy (non-hydrogen) atoms. The van der Waals surface area contributed by atoms with E-state index in [1.165, 1.54) is 6.42 Å². The minimum atomic E-state index is 0.0860. The van der Waals surface area contributed by atoms with Gasteiger partial charge in [0.15, 0.2) is 5.82 Å². The van der Waals surface area contributed by atoms with Gasteiger partial charge in [-0.3, -0.25) is 4.79 Å². The molecule has 3 rings (SSSR count). The third-order valence-corrected chi connectivity index (χ3v) is 4.07. The van der Waals surface area contributed by atoms with Crippen molar-refractivity contribution in [2.45, 2.75) is 26.8 Å². The molecular weight excluding hydrogens is 278 g/mol. The summed E-state index contributed by atoms with van der Waals surface area (Å²) >= 11 is 0. The summed E-state index contributed by atoms with van der Waals surface area (Å²) in [6.07, 6.45) is 1.18. The maximum absolute atomic E-state index is 12.5. The van der Waals surface area contributed by atoms with E-state index in [0.717, 1.165) is 18.7 Å². The largest absolute Gasteiger partial charge is 0.341 e. The molecule has 0 saturated carbocycles. The lowest BCUT2D eigenvalue weighted by atomic mass is 9.92. The van der Waals surface area contributed by atoms with Crippen LogP contribution in [0.25, 0.3) is 11.4 Å². The number of carbonyl (C=O) groups excluding carboxylic acids is 1. The molecule has 1 aromatic heterocycles. The minimum absolute atomic E-state index is 0.0860. The highest BCUT2D eigenvalue weighted by molar-refractivity contribution is 5.76. The number of hydrogen-bond acceptors (Lipinski definition) is 4. The van der Waals surface area contributed by atoms with Crippen LogP contribution in [0.2, 0.25) is 0 Å². The number of nitrogens with zero attached hydrogens (tertiary/aromatic N) is 5. The van der Waals surface area contributed by atoms with Crippen LogP contribution in [0, 0.1) is 11.8 Å². The molecule has 1 aliphatic rings. The lowest BCUT2D eigenvalue weighted by Gasteiger charge is -2.35. The fraction of sp³-hybridized carbons (Fsp3) is 0.500. The Kier molecular flexibility index (Phi) is 4.18. The second-order valence-electron chi connectivity index (χ2n) is 6.27. The molecule has 1 aromatic carbocycles. The number of amides is 1. The smallest absolute Gasteiger partial charge is 0.244 e. The number of likely N-dealkylation sites (tertiary alicyclic amines) is 1. The molecule has 0 aliphatic carbocycles. The Balaban J connectivity index is 1.74. The first-order valence-electron chi connectivity index (χ1n) is 7.73. The average Bonchev–Trinajstić information content (AvgIpc) is 2.95. The van der Waals surface area contributed by atoms with Gasteiger partial charge in [0.2, 0.25) is 5.91 Å². The number of benzene rings is 1. The van der Waals surface area contributed by atoms with Crippen LogP contribution >= 0.6 is 0 Å². The van der Waals surface area contributed by atoms with Crippen molar-refractivity contribution in [1.29, 1.82) is 0 Å². The third-order valence-electron chi connectivity index (χ3n) is 4.07. The molecule has 116 valence electrons. The third kappa shape index (κ3) is 3.16.